The van der Waals surface area contributed by atoms with Crippen molar-refractivity contribution in [2.75, 3.05) is 5.43 Å². The Hall–Kier alpha value is -1.96. The molecule has 0 fully saturated rings. The van der Waals surface area contributed by atoms with Crippen LogP contribution in [0.1, 0.15) is 24.1 Å². The zero-order valence-electron chi connectivity index (χ0n) is 11.9. The third-order valence-electron chi connectivity index (χ3n) is 3.18. The first-order valence-electron chi connectivity index (χ1n) is 6.45. The normalized spacial score (nSPS) is 12.9. The molecule has 4 N–H and O–H groups in total. The van der Waals surface area contributed by atoms with Crippen molar-refractivity contribution in [3.8, 4) is 0 Å². The molecule has 0 aliphatic carbocycles. The number of nitrogens with two attached hydrogens (primary N) is 1. The molecule has 0 aliphatic rings. The second-order valence-electron chi connectivity index (χ2n) is 4.69. The number of aryl methyl sites for hydroxylation is 1. The number of benzene rings is 1. The number of pyridine rings is 1. The van der Waals surface area contributed by atoms with Crippen LogP contribution in [0.25, 0.3) is 0 Å². The highest BCUT2D eigenvalue weighted by molar-refractivity contribution is 7.89. The Balaban J connectivity index is 2.32. The van der Waals surface area contributed by atoms with E-state index in [1.807, 2.05) is 31.2 Å². The van der Waals surface area contributed by atoms with Crippen LogP contribution in [0.4, 0.5) is 5.82 Å². The van der Waals surface area contributed by atoms with Gasteiger partial charge in [0.1, 0.15) is 4.90 Å². The van der Waals surface area contributed by atoms with Gasteiger partial charge in [-0.25, -0.2) is 24.0 Å². The van der Waals surface area contributed by atoms with Gasteiger partial charge < -0.3 is 5.43 Å². The summed E-state index contributed by atoms with van der Waals surface area (Å²) in [6.45, 7) is 3.74. The first-order valence-corrected chi connectivity index (χ1v) is 7.93. The lowest BCUT2D eigenvalue weighted by atomic mass is 10.0. The number of aromatic nitrogens is 1. The van der Waals surface area contributed by atoms with Gasteiger partial charge in [-0.1, -0.05) is 24.3 Å². The maximum absolute atomic E-state index is 12.5. The fraction of sp³-hybridized carbons (Fsp3) is 0.214. The lowest BCUT2D eigenvalue weighted by molar-refractivity contribution is 0.566. The molecule has 1 atom stereocenters. The number of anilines is 1. The molecule has 0 saturated carbocycles. The Kier molecular flexibility index (Phi) is 4.56. The van der Waals surface area contributed by atoms with E-state index in [1.165, 1.54) is 12.3 Å². The summed E-state index contributed by atoms with van der Waals surface area (Å²) in [4.78, 5) is 3.93. The van der Waals surface area contributed by atoms with Crippen molar-refractivity contribution < 1.29 is 8.42 Å². The van der Waals surface area contributed by atoms with Crippen LogP contribution in [0.2, 0.25) is 0 Å². The first kappa shape index (κ1) is 15.4. The maximum Gasteiger partial charge on any atom is 0.244 e. The molecule has 1 aromatic carbocycles. The molecular weight excluding hydrogens is 288 g/mol. The monoisotopic (exact) mass is 306 g/mol. The third-order valence-corrected chi connectivity index (χ3v) is 4.76. The van der Waals surface area contributed by atoms with Gasteiger partial charge in [0.05, 0.1) is 0 Å². The van der Waals surface area contributed by atoms with Crippen molar-refractivity contribution in [3.63, 3.8) is 0 Å². The molecule has 2 rings (SSSR count). The van der Waals surface area contributed by atoms with Gasteiger partial charge >= 0.3 is 0 Å². The number of hydrazine groups is 1. The van der Waals surface area contributed by atoms with Crippen LogP contribution >= 0.6 is 0 Å². The predicted octanol–water partition coefficient (Wildman–Crippen LogP) is 1.72. The van der Waals surface area contributed by atoms with Crippen molar-refractivity contribution in [3.05, 3.63) is 53.7 Å². The highest BCUT2D eigenvalue weighted by Crippen LogP contribution is 2.22. The summed E-state index contributed by atoms with van der Waals surface area (Å²) in [5.74, 6) is 5.42. The summed E-state index contributed by atoms with van der Waals surface area (Å²) in [5, 5.41) is 0. The second kappa shape index (κ2) is 6.21. The summed E-state index contributed by atoms with van der Waals surface area (Å²) >= 11 is 0. The first-order chi connectivity index (χ1) is 9.95. The molecule has 0 amide bonds. The van der Waals surface area contributed by atoms with Crippen LogP contribution in [-0.2, 0) is 10.0 Å². The maximum atomic E-state index is 12.5. The van der Waals surface area contributed by atoms with Gasteiger partial charge in [0.2, 0.25) is 10.0 Å². The highest BCUT2D eigenvalue weighted by Gasteiger charge is 2.22. The van der Waals surface area contributed by atoms with E-state index in [-0.39, 0.29) is 16.8 Å². The number of sulfonamides is 1. The molecule has 6 nitrogen and oxygen atoms in total. The molecule has 1 aromatic heterocycles. The van der Waals surface area contributed by atoms with Gasteiger partial charge in [-0.2, -0.15) is 0 Å². The molecule has 0 saturated heterocycles. The van der Waals surface area contributed by atoms with Crippen LogP contribution < -0.4 is 16.0 Å². The molecule has 0 aliphatic heterocycles. The fourth-order valence-electron chi connectivity index (χ4n) is 2.15. The molecule has 7 heteroatoms. The Morgan fingerprint density at radius 1 is 1.19 bits per heavy atom. The minimum Gasteiger partial charge on any atom is -0.307 e. The highest BCUT2D eigenvalue weighted by atomic mass is 32.2. The van der Waals surface area contributed by atoms with Crippen LogP contribution in [0.3, 0.4) is 0 Å². The average molecular weight is 306 g/mol. The standard InChI is InChI=1S/C14H18N4O2S/c1-10-6-3-4-7-12(10)11(2)18-21(19,20)13-8-5-9-16-14(13)17-15/h3-9,11,18H,15H2,1-2H3,(H,16,17). The molecule has 1 unspecified atom stereocenters. The molecule has 2 aromatic rings. The van der Waals surface area contributed by atoms with Gasteiger partial charge in [0.25, 0.3) is 0 Å². The van der Waals surface area contributed by atoms with Crippen LogP contribution in [-0.4, -0.2) is 13.4 Å². The van der Waals surface area contributed by atoms with Crippen molar-refractivity contribution in [1.82, 2.24) is 9.71 Å². The third kappa shape index (κ3) is 3.38. The van der Waals surface area contributed by atoms with E-state index < -0.39 is 10.0 Å². The molecule has 21 heavy (non-hydrogen) atoms. The summed E-state index contributed by atoms with van der Waals surface area (Å²) in [6, 6.07) is 10.3. The summed E-state index contributed by atoms with van der Waals surface area (Å²) in [5.41, 5.74) is 4.24. The number of nitrogens with one attached hydrogen (secondary N) is 2. The summed E-state index contributed by atoms with van der Waals surface area (Å²) in [6.07, 6.45) is 1.47. The number of hydrogen-bond donors (Lipinski definition) is 3. The lowest BCUT2D eigenvalue weighted by Crippen LogP contribution is -2.28. The van der Waals surface area contributed by atoms with Crippen LogP contribution in [0, 0.1) is 6.92 Å². The number of rotatable bonds is 5. The Morgan fingerprint density at radius 2 is 1.90 bits per heavy atom. The van der Waals surface area contributed by atoms with Gasteiger partial charge in [-0.05, 0) is 37.1 Å². The molecule has 0 bridgehead atoms. The zero-order chi connectivity index (χ0) is 15.5. The second-order valence-corrected chi connectivity index (χ2v) is 6.38. The Bertz CT molecular complexity index is 731. The number of nitrogen functional groups attached to an aromatic ring is 1. The van der Waals surface area contributed by atoms with Crippen LogP contribution in [0.5, 0.6) is 0 Å². The fourth-order valence-corrected chi connectivity index (χ4v) is 3.49. The summed E-state index contributed by atoms with van der Waals surface area (Å²) < 4.78 is 27.6. The average Bonchev–Trinajstić information content (AvgIpc) is 2.47. The quantitative estimate of drug-likeness (QED) is 0.577. The van der Waals surface area contributed by atoms with E-state index in [4.69, 9.17) is 5.84 Å². The van der Waals surface area contributed by atoms with Crippen molar-refractivity contribution in [2.45, 2.75) is 24.8 Å². The largest absolute Gasteiger partial charge is 0.307 e. The van der Waals surface area contributed by atoms with Crippen molar-refractivity contribution in [1.29, 1.82) is 0 Å². The minimum absolute atomic E-state index is 0.0212. The van der Waals surface area contributed by atoms with Crippen molar-refractivity contribution in [2.24, 2.45) is 5.84 Å². The van der Waals surface area contributed by atoms with Gasteiger partial charge in [-0.15, -0.1) is 0 Å². The van der Waals surface area contributed by atoms with Gasteiger partial charge in [0, 0.05) is 12.2 Å². The molecular formula is C14H18N4O2S. The van der Waals surface area contributed by atoms with Gasteiger partial charge in [-0.3, -0.25) is 0 Å². The number of nitrogens with zero attached hydrogens (tertiary/aromatic N) is 1. The molecule has 0 spiro atoms. The smallest absolute Gasteiger partial charge is 0.244 e. The lowest BCUT2D eigenvalue weighted by Gasteiger charge is -2.17. The Morgan fingerprint density at radius 3 is 2.57 bits per heavy atom. The van der Waals surface area contributed by atoms with E-state index >= 15 is 0 Å². The predicted molar refractivity (Wildman–Crippen MR) is 82.0 cm³/mol. The van der Waals surface area contributed by atoms with Gasteiger partial charge in [0.15, 0.2) is 5.82 Å². The minimum atomic E-state index is -3.72. The SMILES string of the molecule is Cc1ccccc1C(C)NS(=O)(=O)c1cccnc1NN. The van der Waals surface area contributed by atoms with E-state index in [0.29, 0.717) is 0 Å². The van der Waals surface area contributed by atoms with E-state index in [9.17, 15) is 8.42 Å². The van der Waals surface area contributed by atoms with Crippen LogP contribution in [0.15, 0.2) is 47.5 Å². The zero-order valence-corrected chi connectivity index (χ0v) is 12.7. The van der Waals surface area contributed by atoms with E-state index in [1.54, 1.807) is 13.0 Å². The molecule has 0 radical (unpaired) electrons. The van der Waals surface area contributed by atoms with E-state index in [2.05, 4.69) is 15.1 Å². The number of hydrogen-bond acceptors (Lipinski definition) is 5. The molecule has 1 heterocycles. The Labute approximate surface area is 124 Å². The van der Waals surface area contributed by atoms with Crippen molar-refractivity contribution >= 4 is 15.8 Å². The summed E-state index contributed by atoms with van der Waals surface area (Å²) in [7, 11) is -3.72. The topological polar surface area (TPSA) is 97.1 Å². The van der Waals surface area contributed by atoms with E-state index in [0.717, 1.165) is 11.1 Å². The molecule has 112 valence electrons.